The monoisotopic (exact) mass is 395 g/mol. The van der Waals surface area contributed by atoms with Crippen LogP contribution >= 0.6 is 0 Å². The van der Waals surface area contributed by atoms with Crippen molar-refractivity contribution in [3.63, 3.8) is 0 Å². The van der Waals surface area contributed by atoms with Gasteiger partial charge in [0.15, 0.2) is 0 Å². The molecule has 1 heterocycles. The van der Waals surface area contributed by atoms with Crippen molar-refractivity contribution >= 4 is 23.2 Å². The Kier molecular flexibility index (Phi) is 5.97. The maximum absolute atomic E-state index is 13.7. The summed E-state index contributed by atoms with van der Waals surface area (Å²) < 4.78 is 27.5. The summed E-state index contributed by atoms with van der Waals surface area (Å²) in [5, 5.41) is 4.99. The van der Waals surface area contributed by atoms with E-state index in [2.05, 4.69) is 15.6 Å². The minimum Gasteiger partial charge on any atom is -0.322 e. The van der Waals surface area contributed by atoms with E-state index < -0.39 is 29.1 Å². The van der Waals surface area contributed by atoms with E-state index in [9.17, 15) is 18.4 Å². The quantitative estimate of drug-likeness (QED) is 0.640. The average Bonchev–Trinajstić information content (AvgIpc) is 2.71. The number of hydrogen-bond donors (Lipinski definition) is 2. The zero-order chi connectivity index (χ0) is 21.0. The maximum atomic E-state index is 13.7. The van der Waals surface area contributed by atoms with Crippen LogP contribution in [0.25, 0.3) is 0 Å². The van der Waals surface area contributed by atoms with Crippen molar-refractivity contribution in [2.75, 3.05) is 10.6 Å². The molecule has 7 heteroatoms. The van der Waals surface area contributed by atoms with E-state index in [1.165, 1.54) is 24.5 Å². The fourth-order valence-corrected chi connectivity index (χ4v) is 2.80. The molecule has 0 aliphatic rings. The van der Waals surface area contributed by atoms with Crippen LogP contribution in [0.4, 0.5) is 20.2 Å². The zero-order valence-electron chi connectivity index (χ0n) is 15.9. The summed E-state index contributed by atoms with van der Waals surface area (Å²) in [6.07, 6.45) is 2.53. The van der Waals surface area contributed by atoms with E-state index in [-0.39, 0.29) is 17.0 Å². The fourth-order valence-electron chi connectivity index (χ4n) is 2.80. The number of amides is 2. The molecule has 0 aliphatic heterocycles. The molecule has 0 radical (unpaired) electrons. The highest BCUT2D eigenvalue weighted by Gasteiger charge is 2.16. The summed E-state index contributed by atoms with van der Waals surface area (Å²) in [6.45, 7) is 4.03. The summed E-state index contributed by atoms with van der Waals surface area (Å²) in [6, 6.07) is 12.0. The number of rotatable bonds is 5. The summed E-state index contributed by atoms with van der Waals surface area (Å²) >= 11 is 0. The molecule has 0 spiro atoms. The van der Waals surface area contributed by atoms with Crippen molar-refractivity contribution in [3.8, 4) is 0 Å². The maximum Gasteiger partial charge on any atom is 0.257 e. The molecular weight excluding hydrogens is 376 g/mol. The van der Waals surface area contributed by atoms with Crippen LogP contribution in [-0.2, 0) is 0 Å². The molecule has 0 fully saturated rings. The largest absolute Gasteiger partial charge is 0.322 e. The fraction of sp³-hybridized carbons (Fsp3) is 0.136. The van der Waals surface area contributed by atoms with E-state index >= 15 is 0 Å². The lowest BCUT2D eigenvalue weighted by atomic mass is 10.0. The van der Waals surface area contributed by atoms with Crippen LogP contribution in [0.3, 0.4) is 0 Å². The van der Waals surface area contributed by atoms with Crippen LogP contribution in [-0.4, -0.2) is 16.8 Å². The molecule has 2 amide bonds. The second kappa shape index (κ2) is 8.60. The number of carbonyl (C=O) groups is 2. The molecule has 1 aromatic heterocycles. The van der Waals surface area contributed by atoms with E-state index in [1.807, 2.05) is 32.0 Å². The number of hydrogen-bond acceptors (Lipinski definition) is 3. The molecule has 29 heavy (non-hydrogen) atoms. The van der Waals surface area contributed by atoms with Gasteiger partial charge in [0.1, 0.15) is 17.3 Å². The second-order valence-corrected chi connectivity index (χ2v) is 6.71. The molecule has 5 nitrogen and oxygen atoms in total. The summed E-state index contributed by atoms with van der Waals surface area (Å²) in [4.78, 5) is 28.9. The lowest BCUT2D eigenvalue weighted by Crippen LogP contribution is -2.18. The average molecular weight is 395 g/mol. The first-order chi connectivity index (χ1) is 13.9. The molecule has 148 valence electrons. The topological polar surface area (TPSA) is 71.1 Å². The lowest BCUT2D eigenvalue weighted by molar-refractivity contribution is 0.102. The summed E-state index contributed by atoms with van der Waals surface area (Å²) in [7, 11) is 0. The normalized spacial score (nSPS) is 10.7. The van der Waals surface area contributed by atoms with E-state index in [1.54, 1.807) is 6.07 Å². The molecule has 2 aromatic carbocycles. The van der Waals surface area contributed by atoms with Gasteiger partial charge in [-0.15, -0.1) is 0 Å². The number of aromatic nitrogens is 1. The van der Waals surface area contributed by atoms with E-state index in [0.717, 1.165) is 17.7 Å². The number of nitrogens with one attached hydrogen (secondary N) is 2. The first-order valence-corrected chi connectivity index (χ1v) is 8.97. The predicted molar refractivity (Wildman–Crippen MR) is 107 cm³/mol. The molecule has 0 atom stereocenters. The predicted octanol–water partition coefficient (Wildman–Crippen LogP) is 4.99. The Morgan fingerprint density at radius 3 is 2.07 bits per heavy atom. The molecular formula is C22H19F2N3O2. The minimum absolute atomic E-state index is 0.00236. The number of pyridine rings is 1. The van der Waals surface area contributed by atoms with Gasteiger partial charge in [0, 0.05) is 18.1 Å². The molecule has 0 unspecified atom stereocenters. The van der Waals surface area contributed by atoms with E-state index in [0.29, 0.717) is 5.69 Å². The van der Waals surface area contributed by atoms with Crippen molar-refractivity contribution in [2.45, 2.75) is 19.8 Å². The van der Waals surface area contributed by atoms with Crippen molar-refractivity contribution < 1.29 is 18.4 Å². The van der Waals surface area contributed by atoms with Gasteiger partial charge < -0.3 is 10.6 Å². The number of nitrogens with zero attached hydrogens (tertiary/aromatic N) is 1. The van der Waals surface area contributed by atoms with Crippen molar-refractivity contribution in [2.24, 2.45) is 0 Å². The smallest absolute Gasteiger partial charge is 0.257 e. The van der Waals surface area contributed by atoms with Gasteiger partial charge in [0.05, 0.1) is 11.1 Å². The summed E-state index contributed by atoms with van der Waals surface area (Å²) in [5.74, 6) is -2.82. The first kappa shape index (κ1) is 20.1. The number of carbonyl (C=O) groups excluding carboxylic acids is 2. The standard InChI is InChI=1S/C22H19F2N3O2/c1-13(2)16-6-3-4-9-19(16)26-21(28)14-10-15(12-25-11-14)22(29)27-20-17(23)7-5-8-18(20)24/h3-13H,1-2H3,(H,26,28)(H,27,29). The van der Waals surface area contributed by atoms with Crippen LogP contribution in [0.1, 0.15) is 46.0 Å². The van der Waals surface area contributed by atoms with Crippen LogP contribution in [0.15, 0.2) is 60.9 Å². The Balaban J connectivity index is 1.81. The van der Waals surface area contributed by atoms with Crippen molar-refractivity contribution in [1.82, 2.24) is 4.98 Å². The van der Waals surface area contributed by atoms with Gasteiger partial charge in [-0.1, -0.05) is 38.1 Å². The molecule has 0 aliphatic carbocycles. The number of para-hydroxylation sites is 2. The van der Waals surface area contributed by atoms with Gasteiger partial charge in [-0.05, 0) is 35.7 Å². The van der Waals surface area contributed by atoms with Crippen molar-refractivity contribution in [3.05, 3.63) is 89.2 Å². The molecule has 3 aromatic rings. The van der Waals surface area contributed by atoms with Gasteiger partial charge in [-0.3, -0.25) is 14.6 Å². The highest BCUT2D eigenvalue weighted by Crippen LogP contribution is 2.24. The molecule has 3 rings (SSSR count). The number of halogens is 2. The van der Waals surface area contributed by atoms with Gasteiger partial charge in [0.2, 0.25) is 0 Å². The zero-order valence-corrected chi connectivity index (χ0v) is 15.9. The highest BCUT2D eigenvalue weighted by molar-refractivity contribution is 6.08. The molecule has 2 N–H and O–H groups in total. The number of anilines is 2. The Hall–Kier alpha value is -3.61. The molecule has 0 saturated carbocycles. The third-order valence-electron chi connectivity index (χ3n) is 4.29. The Bertz CT molecular complexity index is 1050. The van der Waals surface area contributed by atoms with Gasteiger partial charge >= 0.3 is 0 Å². The van der Waals surface area contributed by atoms with Gasteiger partial charge in [-0.2, -0.15) is 0 Å². The van der Waals surface area contributed by atoms with Crippen LogP contribution in [0.2, 0.25) is 0 Å². The second-order valence-electron chi connectivity index (χ2n) is 6.71. The Morgan fingerprint density at radius 2 is 1.45 bits per heavy atom. The van der Waals surface area contributed by atoms with Crippen molar-refractivity contribution in [1.29, 1.82) is 0 Å². The van der Waals surface area contributed by atoms with Crippen LogP contribution in [0.5, 0.6) is 0 Å². The summed E-state index contributed by atoms with van der Waals surface area (Å²) in [5.41, 5.74) is 1.22. The van der Waals surface area contributed by atoms with Gasteiger partial charge in [-0.25, -0.2) is 8.78 Å². The van der Waals surface area contributed by atoms with Crippen LogP contribution in [0, 0.1) is 11.6 Å². The van der Waals surface area contributed by atoms with Crippen LogP contribution < -0.4 is 10.6 Å². The SMILES string of the molecule is CC(C)c1ccccc1NC(=O)c1cncc(C(=O)Nc2c(F)cccc2F)c1. The first-order valence-electron chi connectivity index (χ1n) is 8.97. The Labute approximate surface area is 166 Å². The Morgan fingerprint density at radius 1 is 0.862 bits per heavy atom. The molecule has 0 saturated heterocycles. The third kappa shape index (κ3) is 4.63. The van der Waals surface area contributed by atoms with E-state index in [4.69, 9.17) is 0 Å². The third-order valence-corrected chi connectivity index (χ3v) is 4.29. The lowest BCUT2D eigenvalue weighted by Gasteiger charge is -2.14. The highest BCUT2D eigenvalue weighted by atomic mass is 19.1. The minimum atomic E-state index is -0.898. The molecule has 0 bridgehead atoms. The van der Waals surface area contributed by atoms with Gasteiger partial charge in [0.25, 0.3) is 11.8 Å². The number of benzene rings is 2.